The maximum absolute atomic E-state index is 12.2. The van der Waals surface area contributed by atoms with Gasteiger partial charge >= 0.3 is 6.09 Å². The number of hydrogen-bond acceptors (Lipinski definition) is 7. The number of carbonyl (C=O) groups is 2. The molecule has 9 nitrogen and oxygen atoms in total. The minimum atomic E-state index is -0.451. The second-order valence-corrected chi connectivity index (χ2v) is 6.23. The van der Waals surface area contributed by atoms with E-state index in [-0.39, 0.29) is 24.6 Å². The highest BCUT2D eigenvalue weighted by atomic mass is 16.6. The Labute approximate surface area is 145 Å². The molecule has 2 aliphatic rings. The van der Waals surface area contributed by atoms with Crippen molar-refractivity contribution >= 4 is 12.0 Å². The van der Waals surface area contributed by atoms with Gasteiger partial charge in [-0.2, -0.15) is 0 Å². The quantitative estimate of drug-likeness (QED) is 0.796. The molecule has 1 N–H and O–H groups in total. The van der Waals surface area contributed by atoms with E-state index in [1.807, 2.05) is 13.8 Å². The van der Waals surface area contributed by atoms with E-state index in [0.717, 1.165) is 17.0 Å². The maximum atomic E-state index is 12.2. The third kappa shape index (κ3) is 4.29. The molecule has 2 saturated heterocycles. The number of carbonyl (C=O) groups excluding carboxylic acids is 2. The van der Waals surface area contributed by atoms with Crippen LogP contribution in [0.3, 0.4) is 0 Å². The van der Waals surface area contributed by atoms with E-state index in [4.69, 9.17) is 18.7 Å². The lowest BCUT2D eigenvalue weighted by molar-refractivity contribution is -0.127. The van der Waals surface area contributed by atoms with Crippen molar-refractivity contribution in [1.29, 1.82) is 0 Å². The number of aromatic nitrogens is 1. The van der Waals surface area contributed by atoms with Crippen LogP contribution in [0.25, 0.3) is 0 Å². The molecule has 9 heteroatoms. The van der Waals surface area contributed by atoms with E-state index in [9.17, 15) is 9.59 Å². The van der Waals surface area contributed by atoms with Gasteiger partial charge in [-0.1, -0.05) is 5.16 Å². The van der Waals surface area contributed by atoms with Gasteiger partial charge in [0.15, 0.2) is 0 Å². The molecule has 0 spiro atoms. The fourth-order valence-corrected chi connectivity index (χ4v) is 2.93. The van der Waals surface area contributed by atoms with Crippen LogP contribution in [0.1, 0.15) is 23.4 Å². The van der Waals surface area contributed by atoms with Gasteiger partial charge in [0.25, 0.3) is 0 Å². The Kier molecular flexibility index (Phi) is 5.54. The molecule has 2 aliphatic heterocycles. The third-order valence-corrected chi connectivity index (χ3v) is 4.45. The number of rotatable bonds is 6. The van der Waals surface area contributed by atoms with E-state index in [2.05, 4.69) is 10.5 Å². The molecule has 0 unspecified atom stereocenters. The summed E-state index contributed by atoms with van der Waals surface area (Å²) in [5.74, 6) is 0.499. The standard InChI is InChI=1S/C16H23N3O6/c1-10-12(11(2)25-18-10)8-24-14-9-22-5-3-13(14)17-15(20)7-19-4-6-23-16(19)21/h13-14H,3-9H2,1-2H3,(H,17,20)/t13-,14-/m1/s1. The predicted molar refractivity (Wildman–Crippen MR) is 84.8 cm³/mol. The number of ether oxygens (including phenoxy) is 3. The molecule has 1 aromatic heterocycles. The lowest BCUT2D eigenvalue weighted by Crippen LogP contribution is -2.52. The van der Waals surface area contributed by atoms with Crippen LogP contribution in [0.2, 0.25) is 0 Å². The van der Waals surface area contributed by atoms with Crippen molar-refractivity contribution in [2.24, 2.45) is 0 Å². The molecular formula is C16H23N3O6. The Bertz CT molecular complexity index is 612. The number of nitrogens with zero attached hydrogens (tertiary/aromatic N) is 2. The maximum Gasteiger partial charge on any atom is 0.410 e. The van der Waals surface area contributed by atoms with Gasteiger partial charge in [-0.15, -0.1) is 0 Å². The highest BCUT2D eigenvalue weighted by Crippen LogP contribution is 2.18. The van der Waals surface area contributed by atoms with Gasteiger partial charge in [0.05, 0.1) is 31.5 Å². The van der Waals surface area contributed by atoms with Crippen LogP contribution in [0.4, 0.5) is 4.79 Å². The molecule has 0 aliphatic carbocycles. The van der Waals surface area contributed by atoms with Crippen molar-refractivity contribution in [3.05, 3.63) is 17.0 Å². The molecule has 0 aromatic carbocycles. The molecule has 3 rings (SSSR count). The smallest absolute Gasteiger partial charge is 0.410 e. The van der Waals surface area contributed by atoms with Gasteiger partial charge in [0.2, 0.25) is 5.91 Å². The number of hydrogen-bond donors (Lipinski definition) is 1. The van der Waals surface area contributed by atoms with E-state index in [0.29, 0.717) is 39.4 Å². The van der Waals surface area contributed by atoms with Gasteiger partial charge in [-0.3, -0.25) is 9.69 Å². The van der Waals surface area contributed by atoms with Crippen molar-refractivity contribution in [1.82, 2.24) is 15.4 Å². The summed E-state index contributed by atoms with van der Waals surface area (Å²) >= 11 is 0. The average Bonchev–Trinajstić information content (AvgIpc) is 3.13. The summed E-state index contributed by atoms with van der Waals surface area (Å²) in [7, 11) is 0. The highest BCUT2D eigenvalue weighted by molar-refractivity contribution is 5.83. The zero-order chi connectivity index (χ0) is 17.8. The average molecular weight is 353 g/mol. The molecular weight excluding hydrogens is 330 g/mol. The number of nitrogens with one attached hydrogen (secondary N) is 1. The fourth-order valence-electron chi connectivity index (χ4n) is 2.93. The van der Waals surface area contributed by atoms with Crippen molar-refractivity contribution in [2.45, 2.75) is 39.0 Å². The zero-order valence-corrected chi connectivity index (χ0v) is 14.4. The summed E-state index contributed by atoms with van der Waals surface area (Å²) in [6, 6.07) is -0.166. The normalized spacial score (nSPS) is 23.6. The van der Waals surface area contributed by atoms with E-state index in [1.165, 1.54) is 4.90 Å². The largest absolute Gasteiger partial charge is 0.448 e. The summed E-state index contributed by atoms with van der Waals surface area (Å²) < 4.78 is 21.4. The molecule has 0 bridgehead atoms. The SMILES string of the molecule is Cc1noc(C)c1CO[C@@H]1COCC[C@H]1NC(=O)CN1CCOC1=O. The van der Waals surface area contributed by atoms with Crippen molar-refractivity contribution in [3.8, 4) is 0 Å². The highest BCUT2D eigenvalue weighted by Gasteiger charge is 2.30. The lowest BCUT2D eigenvalue weighted by atomic mass is 10.1. The molecule has 25 heavy (non-hydrogen) atoms. The minimum Gasteiger partial charge on any atom is -0.448 e. The van der Waals surface area contributed by atoms with Crippen LogP contribution in [-0.2, 0) is 25.6 Å². The Morgan fingerprint density at radius 2 is 2.24 bits per heavy atom. The van der Waals surface area contributed by atoms with Crippen LogP contribution >= 0.6 is 0 Å². The van der Waals surface area contributed by atoms with E-state index >= 15 is 0 Å². The number of cyclic esters (lactones) is 1. The first kappa shape index (κ1) is 17.7. The van der Waals surface area contributed by atoms with Crippen LogP contribution in [0.15, 0.2) is 4.52 Å². The van der Waals surface area contributed by atoms with Gasteiger partial charge in [-0.05, 0) is 20.3 Å². The van der Waals surface area contributed by atoms with Crippen LogP contribution in [0, 0.1) is 13.8 Å². The van der Waals surface area contributed by atoms with Crippen molar-refractivity contribution in [2.75, 3.05) is 32.9 Å². The molecule has 0 saturated carbocycles. The molecule has 2 atom stereocenters. The first-order valence-electron chi connectivity index (χ1n) is 8.36. The Hall–Kier alpha value is -2.13. The first-order chi connectivity index (χ1) is 12.0. The summed E-state index contributed by atoms with van der Waals surface area (Å²) in [5.41, 5.74) is 1.71. The Balaban J connectivity index is 1.53. The second-order valence-electron chi connectivity index (χ2n) is 6.23. The first-order valence-corrected chi connectivity index (χ1v) is 8.36. The summed E-state index contributed by atoms with van der Waals surface area (Å²) in [6.45, 7) is 5.76. The van der Waals surface area contributed by atoms with Crippen LogP contribution < -0.4 is 5.32 Å². The van der Waals surface area contributed by atoms with Gasteiger partial charge in [0, 0.05) is 12.2 Å². The Morgan fingerprint density at radius 3 is 2.92 bits per heavy atom. The molecule has 0 radical (unpaired) electrons. The van der Waals surface area contributed by atoms with Gasteiger partial charge in [-0.25, -0.2) is 4.79 Å². The predicted octanol–water partition coefficient (Wildman–Crippen LogP) is 0.534. The minimum absolute atomic E-state index is 0.00717. The van der Waals surface area contributed by atoms with E-state index < -0.39 is 6.09 Å². The van der Waals surface area contributed by atoms with Crippen molar-refractivity contribution < 1.29 is 28.3 Å². The number of amides is 2. The summed E-state index contributed by atoms with van der Waals surface area (Å²) in [5, 5.41) is 6.85. The monoisotopic (exact) mass is 353 g/mol. The molecule has 3 heterocycles. The summed E-state index contributed by atoms with van der Waals surface area (Å²) in [6.07, 6.45) is -0.0621. The van der Waals surface area contributed by atoms with Crippen molar-refractivity contribution in [3.63, 3.8) is 0 Å². The van der Waals surface area contributed by atoms with Crippen LogP contribution in [-0.4, -0.2) is 67.1 Å². The molecule has 1 aromatic rings. The molecule has 138 valence electrons. The molecule has 2 fully saturated rings. The summed E-state index contributed by atoms with van der Waals surface area (Å²) in [4.78, 5) is 25.0. The van der Waals surface area contributed by atoms with Gasteiger partial charge < -0.3 is 24.1 Å². The second kappa shape index (κ2) is 7.83. The van der Waals surface area contributed by atoms with E-state index in [1.54, 1.807) is 0 Å². The zero-order valence-electron chi connectivity index (χ0n) is 14.4. The van der Waals surface area contributed by atoms with Crippen LogP contribution in [0.5, 0.6) is 0 Å². The van der Waals surface area contributed by atoms with Gasteiger partial charge in [0.1, 0.15) is 25.0 Å². The lowest BCUT2D eigenvalue weighted by Gasteiger charge is -2.32. The topological polar surface area (TPSA) is 103 Å². The Morgan fingerprint density at radius 1 is 1.40 bits per heavy atom. The molecule has 2 amide bonds. The third-order valence-electron chi connectivity index (χ3n) is 4.45. The fraction of sp³-hybridized carbons (Fsp3) is 0.688. The number of aryl methyl sites for hydroxylation is 2.